The molecular weight excluding hydrogens is 286 g/mol. The van der Waals surface area contributed by atoms with Crippen molar-refractivity contribution in [2.75, 3.05) is 25.1 Å². The molecule has 8 heteroatoms. The van der Waals surface area contributed by atoms with Crippen molar-refractivity contribution < 1.29 is 14.5 Å². The SMILES string of the molecule is O=C(CC1COCCN1)Nc1cc(Cl)ccc1[N+](=O)[O-]. The summed E-state index contributed by atoms with van der Waals surface area (Å²) in [5.74, 6) is -0.321. The van der Waals surface area contributed by atoms with E-state index in [4.69, 9.17) is 16.3 Å². The average molecular weight is 300 g/mol. The number of hydrogen-bond acceptors (Lipinski definition) is 5. The molecule has 1 aliphatic heterocycles. The fourth-order valence-corrected chi connectivity index (χ4v) is 2.12. The summed E-state index contributed by atoms with van der Waals surface area (Å²) >= 11 is 5.79. The van der Waals surface area contributed by atoms with E-state index in [1.165, 1.54) is 18.2 Å². The Morgan fingerprint density at radius 3 is 3.05 bits per heavy atom. The zero-order chi connectivity index (χ0) is 14.5. The van der Waals surface area contributed by atoms with Crippen LogP contribution >= 0.6 is 11.6 Å². The van der Waals surface area contributed by atoms with Crippen molar-refractivity contribution in [3.63, 3.8) is 0 Å². The largest absolute Gasteiger partial charge is 0.378 e. The molecule has 1 saturated heterocycles. The normalized spacial score (nSPS) is 18.6. The predicted octanol–water partition coefficient (Wildman–Crippen LogP) is 1.57. The molecule has 1 fully saturated rings. The van der Waals surface area contributed by atoms with Crippen LogP contribution in [0, 0.1) is 10.1 Å². The summed E-state index contributed by atoms with van der Waals surface area (Å²) in [7, 11) is 0. The maximum Gasteiger partial charge on any atom is 0.292 e. The molecule has 0 radical (unpaired) electrons. The van der Waals surface area contributed by atoms with Gasteiger partial charge in [-0.15, -0.1) is 0 Å². The van der Waals surface area contributed by atoms with E-state index in [1.54, 1.807) is 0 Å². The van der Waals surface area contributed by atoms with Crippen molar-refractivity contribution in [2.24, 2.45) is 0 Å². The van der Waals surface area contributed by atoms with E-state index >= 15 is 0 Å². The van der Waals surface area contributed by atoms with E-state index < -0.39 is 4.92 Å². The number of amides is 1. The fraction of sp³-hybridized carbons (Fsp3) is 0.417. The Bertz CT molecular complexity index is 517. The van der Waals surface area contributed by atoms with Gasteiger partial charge in [0.15, 0.2) is 0 Å². The molecule has 2 N–H and O–H groups in total. The van der Waals surface area contributed by atoms with Crippen LogP contribution in [0.3, 0.4) is 0 Å². The van der Waals surface area contributed by atoms with Gasteiger partial charge in [0.1, 0.15) is 5.69 Å². The maximum atomic E-state index is 11.9. The minimum absolute atomic E-state index is 0.0815. The highest BCUT2D eigenvalue weighted by atomic mass is 35.5. The van der Waals surface area contributed by atoms with Crippen molar-refractivity contribution in [2.45, 2.75) is 12.5 Å². The van der Waals surface area contributed by atoms with Gasteiger partial charge in [0.05, 0.1) is 18.1 Å². The molecule has 1 aliphatic rings. The number of halogens is 1. The van der Waals surface area contributed by atoms with Crippen molar-refractivity contribution in [3.05, 3.63) is 33.3 Å². The molecule has 1 aromatic rings. The summed E-state index contributed by atoms with van der Waals surface area (Å²) < 4.78 is 5.24. The minimum Gasteiger partial charge on any atom is -0.378 e. The van der Waals surface area contributed by atoms with Crippen molar-refractivity contribution in [1.82, 2.24) is 5.32 Å². The number of ether oxygens (including phenoxy) is 1. The zero-order valence-electron chi connectivity index (χ0n) is 10.6. The fourth-order valence-electron chi connectivity index (χ4n) is 1.94. The summed E-state index contributed by atoms with van der Waals surface area (Å²) in [5.41, 5.74) is -0.0835. The van der Waals surface area contributed by atoms with Gasteiger partial charge in [0.2, 0.25) is 5.91 Å². The number of rotatable bonds is 4. The standard InChI is InChI=1S/C12H14ClN3O4/c13-8-1-2-11(16(18)19)10(5-8)15-12(17)6-9-7-20-4-3-14-9/h1-2,5,9,14H,3-4,6-7H2,(H,15,17). The average Bonchev–Trinajstić information content (AvgIpc) is 2.39. The van der Waals surface area contributed by atoms with Crippen molar-refractivity contribution in [1.29, 1.82) is 0 Å². The lowest BCUT2D eigenvalue weighted by Crippen LogP contribution is -2.43. The summed E-state index contributed by atoms with van der Waals surface area (Å²) in [6.07, 6.45) is 0.184. The number of nitro benzene ring substituents is 1. The number of hydrogen-bond donors (Lipinski definition) is 2. The van der Waals surface area contributed by atoms with Gasteiger partial charge in [-0.3, -0.25) is 14.9 Å². The van der Waals surface area contributed by atoms with E-state index in [2.05, 4.69) is 10.6 Å². The second kappa shape index (κ2) is 6.65. The van der Waals surface area contributed by atoms with Crippen LogP contribution in [-0.2, 0) is 9.53 Å². The Morgan fingerprint density at radius 1 is 1.60 bits per heavy atom. The number of nitro groups is 1. The molecule has 108 valence electrons. The molecule has 1 atom stereocenters. The van der Waals surface area contributed by atoms with Crippen LogP contribution in [0.2, 0.25) is 5.02 Å². The van der Waals surface area contributed by atoms with Crippen molar-refractivity contribution in [3.8, 4) is 0 Å². The Hall–Kier alpha value is -1.70. The number of carbonyl (C=O) groups excluding carboxylic acids is 1. The van der Waals surface area contributed by atoms with Gasteiger partial charge in [0, 0.05) is 30.1 Å². The summed E-state index contributed by atoms with van der Waals surface area (Å²) in [6.45, 7) is 1.76. The number of nitrogens with one attached hydrogen (secondary N) is 2. The molecule has 20 heavy (non-hydrogen) atoms. The predicted molar refractivity (Wildman–Crippen MR) is 74.0 cm³/mol. The van der Waals surface area contributed by atoms with E-state index in [0.29, 0.717) is 24.8 Å². The third-order valence-corrected chi connectivity index (χ3v) is 3.09. The molecule has 0 saturated carbocycles. The molecule has 1 heterocycles. The molecule has 2 rings (SSSR count). The lowest BCUT2D eigenvalue weighted by Gasteiger charge is -2.23. The van der Waals surface area contributed by atoms with Gasteiger partial charge in [-0.25, -0.2) is 0 Å². The Kier molecular flexibility index (Phi) is 4.89. The third-order valence-electron chi connectivity index (χ3n) is 2.86. The van der Waals surface area contributed by atoms with Crippen LogP contribution in [0.1, 0.15) is 6.42 Å². The number of benzene rings is 1. The molecule has 0 bridgehead atoms. The lowest BCUT2D eigenvalue weighted by molar-refractivity contribution is -0.383. The van der Waals surface area contributed by atoms with E-state index in [1.807, 2.05) is 0 Å². The molecule has 0 spiro atoms. The van der Waals surface area contributed by atoms with E-state index in [9.17, 15) is 14.9 Å². The van der Waals surface area contributed by atoms with Crippen LogP contribution in [0.25, 0.3) is 0 Å². The minimum atomic E-state index is -0.562. The lowest BCUT2D eigenvalue weighted by atomic mass is 10.2. The molecule has 1 unspecified atom stereocenters. The summed E-state index contributed by atoms with van der Waals surface area (Å²) in [5, 5.41) is 16.9. The summed E-state index contributed by atoms with van der Waals surface area (Å²) in [6, 6.07) is 3.95. The van der Waals surface area contributed by atoms with Gasteiger partial charge in [-0.2, -0.15) is 0 Å². The van der Waals surface area contributed by atoms with Gasteiger partial charge in [-0.1, -0.05) is 11.6 Å². The first-order valence-electron chi connectivity index (χ1n) is 6.11. The molecular formula is C12H14ClN3O4. The maximum absolute atomic E-state index is 11.9. The molecule has 1 aromatic carbocycles. The quantitative estimate of drug-likeness (QED) is 0.650. The first kappa shape index (κ1) is 14.7. The Balaban J connectivity index is 2.03. The van der Waals surface area contributed by atoms with Crippen LogP contribution in [0.5, 0.6) is 0 Å². The Labute approximate surface area is 120 Å². The number of anilines is 1. The smallest absolute Gasteiger partial charge is 0.292 e. The van der Waals surface area contributed by atoms with Crippen LogP contribution < -0.4 is 10.6 Å². The molecule has 0 aromatic heterocycles. The number of morpholine rings is 1. The highest BCUT2D eigenvalue weighted by Crippen LogP contribution is 2.27. The Morgan fingerprint density at radius 2 is 2.40 bits per heavy atom. The van der Waals surface area contributed by atoms with E-state index in [-0.39, 0.29) is 29.7 Å². The molecule has 7 nitrogen and oxygen atoms in total. The summed E-state index contributed by atoms with van der Waals surface area (Å²) in [4.78, 5) is 22.2. The second-order valence-electron chi connectivity index (χ2n) is 4.40. The van der Waals surface area contributed by atoms with Gasteiger partial charge in [0.25, 0.3) is 5.69 Å². The van der Waals surface area contributed by atoms with Crippen LogP contribution in [0.15, 0.2) is 18.2 Å². The van der Waals surface area contributed by atoms with Gasteiger partial charge >= 0.3 is 0 Å². The van der Waals surface area contributed by atoms with Gasteiger partial charge < -0.3 is 15.4 Å². The number of nitrogens with zero attached hydrogens (tertiary/aromatic N) is 1. The van der Waals surface area contributed by atoms with E-state index in [0.717, 1.165) is 0 Å². The van der Waals surface area contributed by atoms with Gasteiger partial charge in [-0.05, 0) is 12.1 Å². The molecule has 0 aliphatic carbocycles. The number of carbonyl (C=O) groups is 1. The third kappa shape index (κ3) is 3.89. The second-order valence-corrected chi connectivity index (χ2v) is 4.83. The molecule has 1 amide bonds. The van der Waals surface area contributed by atoms with Crippen LogP contribution in [0.4, 0.5) is 11.4 Å². The topological polar surface area (TPSA) is 93.5 Å². The first-order chi connectivity index (χ1) is 9.56. The highest BCUT2D eigenvalue weighted by molar-refractivity contribution is 6.31. The monoisotopic (exact) mass is 299 g/mol. The highest BCUT2D eigenvalue weighted by Gasteiger charge is 2.20. The first-order valence-corrected chi connectivity index (χ1v) is 6.49. The zero-order valence-corrected chi connectivity index (χ0v) is 11.4. The van der Waals surface area contributed by atoms with Crippen LogP contribution in [-0.4, -0.2) is 36.6 Å². The van der Waals surface area contributed by atoms with Crippen molar-refractivity contribution >= 4 is 28.9 Å².